The van der Waals surface area contributed by atoms with Gasteiger partial charge >= 0.3 is 0 Å². The molecule has 1 fully saturated rings. The van der Waals surface area contributed by atoms with Gasteiger partial charge in [-0.25, -0.2) is 0 Å². The normalized spacial score (nSPS) is 18.7. The summed E-state index contributed by atoms with van der Waals surface area (Å²) in [5.41, 5.74) is 0. The molecule has 1 aromatic heterocycles. The van der Waals surface area contributed by atoms with Crippen LogP contribution in [0.1, 0.15) is 26.2 Å². The highest BCUT2D eigenvalue weighted by Gasteiger charge is 2.21. The molecule has 7 heteroatoms. The van der Waals surface area contributed by atoms with Crippen LogP contribution in [0.15, 0.2) is 23.5 Å². The number of halogens is 1. The van der Waals surface area contributed by atoms with Crippen LogP contribution < -0.4 is 10.6 Å². The second kappa shape index (κ2) is 11.7. The zero-order chi connectivity index (χ0) is 15.6. The molecule has 23 heavy (non-hydrogen) atoms. The van der Waals surface area contributed by atoms with Gasteiger partial charge in [0.05, 0.1) is 0 Å². The van der Waals surface area contributed by atoms with Crippen molar-refractivity contribution in [3.8, 4) is 0 Å². The van der Waals surface area contributed by atoms with Crippen LogP contribution >= 0.6 is 24.0 Å². The monoisotopic (exact) mass is 434 g/mol. The first-order valence-corrected chi connectivity index (χ1v) is 8.46. The average molecular weight is 434 g/mol. The molecule has 0 bridgehead atoms. The molecule has 0 saturated carbocycles. The van der Waals surface area contributed by atoms with Crippen LogP contribution in [0, 0.1) is 5.92 Å². The molecule has 132 valence electrons. The Bertz CT molecular complexity index is 434. The Labute approximate surface area is 157 Å². The van der Waals surface area contributed by atoms with E-state index in [1.165, 1.54) is 32.5 Å². The number of aliphatic imine (C=N–C) groups is 1. The van der Waals surface area contributed by atoms with Gasteiger partial charge in [0.25, 0.3) is 0 Å². The third kappa shape index (κ3) is 7.52. The molecule has 2 heterocycles. The van der Waals surface area contributed by atoms with Crippen molar-refractivity contribution in [1.29, 1.82) is 0 Å². The third-order valence-corrected chi connectivity index (χ3v) is 4.11. The SMILES string of the molecule is CCCN1CCC(CNC(=NC)NCCCn2cccn2)C1.I. The molecular formula is C16H31IN6. The van der Waals surface area contributed by atoms with Gasteiger partial charge in [0.15, 0.2) is 5.96 Å². The summed E-state index contributed by atoms with van der Waals surface area (Å²) in [6.07, 6.45) is 7.39. The molecule has 1 aromatic rings. The van der Waals surface area contributed by atoms with Crippen molar-refractivity contribution in [1.82, 2.24) is 25.3 Å². The molecular weight excluding hydrogens is 403 g/mol. The largest absolute Gasteiger partial charge is 0.356 e. The van der Waals surface area contributed by atoms with Gasteiger partial charge < -0.3 is 15.5 Å². The minimum absolute atomic E-state index is 0. The Kier molecular flexibility index (Phi) is 10.3. The summed E-state index contributed by atoms with van der Waals surface area (Å²) in [6, 6.07) is 1.96. The predicted molar refractivity (Wildman–Crippen MR) is 106 cm³/mol. The van der Waals surface area contributed by atoms with E-state index in [1.54, 1.807) is 0 Å². The molecule has 0 aromatic carbocycles. The maximum absolute atomic E-state index is 4.30. The van der Waals surface area contributed by atoms with Gasteiger partial charge in [0, 0.05) is 45.6 Å². The molecule has 6 nitrogen and oxygen atoms in total. The van der Waals surface area contributed by atoms with Gasteiger partial charge in [-0.3, -0.25) is 9.67 Å². The molecule has 1 aliphatic rings. The summed E-state index contributed by atoms with van der Waals surface area (Å²) in [6.45, 7) is 8.81. The molecule has 2 N–H and O–H groups in total. The van der Waals surface area contributed by atoms with E-state index in [0.717, 1.165) is 37.9 Å². The standard InChI is InChI=1S/C16H30N6.HI/c1-3-9-21-12-6-15(14-21)13-19-16(17-2)18-7-4-10-22-11-5-8-20-22;/h5,8,11,15H,3-4,6-7,9-10,12-14H2,1-2H3,(H2,17,18,19);1H. The quantitative estimate of drug-likeness (QED) is 0.284. The molecule has 0 spiro atoms. The summed E-state index contributed by atoms with van der Waals surface area (Å²) in [4.78, 5) is 6.86. The fraction of sp³-hybridized carbons (Fsp3) is 0.750. The second-order valence-corrected chi connectivity index (χ2v) is 5.96. The van der Waals surface area contributed by atoms with E-state index in [4.69, 9.17) is 0 Å². The number of hydrogen-bond donors (Lipinski definition) is 2. The molecule has 0 amide bonds. The highest BCUT2D eigenvalue weighted by molar-refractivity contribution is 14.0. The number of rotatable bonds is 8. The Morgan fingerprint density at radius 1 is 1.35 bits per heavy atom. The first-order valence-electron chi connectivity index (χ1n) is 8.46. The van der Waals surface area contributed by atoms with Crippen LogP contribution in [0.3, 0.4) is 0 Å². The van der Waals surface area contributed by atoms with E-state index in [9.17, 15) is 0 Å². The number of aromatic nitrogens is 2. The zero-order valence-electron chi connectivity index (χ0n) is 14.4. The number of hydrogen-bond acceptors (Lipinski definition) is 3. The maximum Gasteiger partial charge on any atom is 0.190 e. The Morgan fingerprint density at radius 3 is 2.91 bits per heavy atom. The lowest BCUT2D eigenvalue weighted by molar-refractivity contribution is 0.324. The average Bonchev–Trinajstić information content (AvgIpc) is 3.19. The smallest absolute Gasteiger partial charge is 0.190 e. The van der Waals surface area contributed by atoms with Crippen LogP contribution in [-0.4, -0.2) is 60.4 Å². The van der Waals surface area contributed by atoms with Gasteiger partial charge in [-0.2, -0.15) is 5.10 Å². The van der Waals surface area contributed by atoms with E-state index in [1.807, 2.05) is 30.2 Å². The van der Waals surface area contributed by atoms with Crippen molar-refractivity contribution in [2.75, 3.05) is 39.8 Å². The highest BCUT2D eigenvalue weighted by Crippen LogP contribution is 2.15. The highest BCUT2D eigenvalue weighted by atomic mass is 127. The Hall–Kier alpha value is -0.830. The summed E-state index contributed by atoms with van der Waals surface area (Å²) < 4.78 is 1.96. The first kappa shape index (κ1) is 20.2. The number of nitrogens with one attached hydrogen (secondary N) is 2. The summed E-state index contributed by atoms with van der Waals surface area (Å²) in [5, 5.41) is 11.0. The van der Waals surface area contributed by atoms with E-state index < -0.39 is 0 Å². The van der Waals surface area contributed by atoms with Gasteiger partial charge in [0.1, 0.15) is 0 Å². The van der Waals surface area contributed by atoms with Crippen molar-refractivity contribution < 1.29 is 0 Å². The minimum atomic E-state index is 0. The minimum Gasteiger partial charge on any atom is -0.356 e. The molecule has 1 saturated heterocycles. The van der Waals surface area contributed by atoms with Crippen LogP contribution in [0.25, 0.3) is 0 Å². The van der Waals surface area contributed by atoms with Crippen molar-refractivity contribution >= 4 is 29.9 Å². The van der Waals surface area contributed by atoms with Crippen molar-refractivity contribution in [3.63, 3.8) is 0 Å². The molecule has 0 radical (unpaired) electrons. The summed E-state index contributed by atoms with van der Waals surface area (Å²) in [5.74, 6) is 1.66. The van der Waals surface area contributed by atoms with E-state index in [2.05, 4.69) is 32.5 Å². The van der Waals surface area contributed by atoms with Gasteiger partial charge in [-0.05, 0) is 44.3 Å². The fourth-order valence-electron chi connectivity index (χ4n) is 2.94. The lowest BCUT2D eigenvalue weighted by Gasteiger charge is -2.17. The van der Waals surface area contributed by atoms with Crippen LogP contribution in [0.5, 0.6) is 0 Å². The van der Waals surface area contributed by atoms with E-state index >= 15 is 0 Å². The number of likely N-dealkylation sites (tertiary alicyclic amines) is 1. The first-order chi connectivity index (χ1) is 10.8. The molecule has 1 atom stereocenters. The van der Waals surface area contributed by atoms with Gasteiger partial charge in [0.2, 0.25) is 0 Å². The Balaban J connectivity index is 0.00000264. The zero-order valence-corrected chi connectivity index (χ0v) is 16.7. The Morgan fingerprint density at radius 2 is 2.22 bits per heavy atom. The molecule has 0 aliphatic carbocycles. The van der Waals surface area contributed by atoms with Crippen molar-refractivity contribution in [2.45, 2.75) is 32.7 Å². The fourth-order valence-corrected chi connectivity index (χ4v) is 2.94. The van der Waals surface area contributed by atoms with Gasteiger partial charge in [-0.1, -0.05) is 6.92 Å². The second-order valence-electron chi connectivity index (χ2n) is 5.96. The number of aryl methyl sites for hydroxylation is 1. The summed E-state index contributed by atoms with van der Waals surface area (Å²) in [7, 11) is 1.83. The van der Waals surface area contributed by atoms with Gasteiger partial charge in [-0.15, -0.1) is 24.0 Å². The van der Waals surface area contributed by atoms with Crippen LogP contribution in [-0.2, 0) is 6.54 Å². The predicted octanol–water partition coefficient (Wildman–Crippen LogP) is 1.79. The topological polar surface area (TPSA) is 57.5 Å². The van der Waals surface area contributed by atoms with E-state index in [0.29, 0.717) is 0 Å². The molecule has 1 unspecified atom stereocenters. The third-order valence-electron chi connectivity index (χ3n) is 4.11. The lowest BCUT2D eigenvalue weighted by Crippen LogP contribution is -2.40. The van der Waals surface area contributed by atoms with Crippen LogP contribution in [0.4, 0.5) is 0 Å². The summed E-state index contributed by atoms with van der Waals surface area (Å²) >= 11 is 0. The van der Waals surface area contributed by atoms with E-state index in [-0.39, 0.29) is 24.0 Å². The lowest BCUT2D eigenvalue weighted by atomic mass is 10.1. The number of guanidine groups is 1. The maximum atomic E-state index is 4.30. The van der Waals surface area contributed by atoms with Crippen molar-refractivity contribution in [3.05, 3.63) is 18.5 Å². The van der Waals surface area contributed by atoms with Crippen LogP contribution in [0.2, 0.25) is 0 Å². The van der Waals surface area contributed by atoms with Crippen molar-refractivity contribution in [2.24, 2.45) is 10.9 Å². The molecule has 2 rings (SSSR count). The molecule has 1 aliphatic heterocycles. The number of nitrogens with zero attached hydrogens (tertiary/aromatic N) is 4.